The molecule has 0 saturated carbocycles. The smallest absolute Gasteiger partial charge is 0.358 e. The summed E-state index contributed by atoms with van der Waals surface area (Å²) in [7, 11) is 1.19. The number of hydrogen-bond acceptors (Lipinski definition) is 6. The summed E-state index contributed by atoms with van der Waals surface area (Å²) in [6, 6.07) is -1.76. The summed E-state index contributed by atoms with van der Waals surface area (Å²) in [5.41, 5.74) is 2.33. The van der Waals surface area contributed by atoms with Crippen molar-refractivity contribution in [3.63, 3.8) is 0 Å². The Hall–Kier alpha value is -2.65. The third-order valence-corrected chi connectivity index (χ3v) is 3.65. The van der Waals surface area contributed by atoms with E-state index in [9.17, 15) is 24.0 Å². The number of hydrogen-bond donors (Lipinski definition) is 1. The number of Topliss-reactive ketones (excluding diaryl/α,β-unsaturated/α-hetero) is 1. The SMILES string of the molecule is COC(=O)[C@@H]1CCCN(C(C)=O)N1C(=O)N(CCC(C)=O)NC(C)=O. The van der Waals surface area contributed by atoms with Crippen molar-refractivity contribution < 1.29 is 28.7 Å². The molecule has 0 aliphatic carbocycles. The van der Waals surface area contributed by atoms with E-state index in [0.717, 1.165) is 15.0 Å². The van der Waals surface area contributed by atoms with Gasteiger partial charge in [0.25, 0.3) is 0 Å². The summed E-state index contributed by atoms with van der Waals surface area (Å²) in [5, 5.41) is 3.07. The molecule has 1 heterocycles. The summed E-state index contributed by atoms with van der Waals surface area (Å²) in [6.45, 7) is 4.03. The lowest BCUT2D eigenvalue weighted by Crippen LogP contribution is -2.65. The molecule has 1 aliphatic heterocycles. The Balaban J connectivity index is 3.15. The number of ketones is 1. The molecule has 140 valence electrons. The second kappa shape index (κ2) is 9.00. The predicted octanol–water partition coefficient (Wildman–Crippen LogP) is -0.160. The summed E-state index contributed by atoms with van der Waals surface area (Å²) in [5.74, 6) is -1.77. The molecule has 0 aromatic carbocycles. The number of hydrazine groups is 2. The fraction of sp³-hybridized carbons (Fsp3) is 0.667. The van der Waals surface area contributed by atoms with Gasteiger partial charge in [-0.3, -0.25) is 19.8 Å². The van der Waals surface area contributed by atoms with E-state index in [2.05, 4.69) is 5.43 Å². The molecule has 0 unspecified atom stereocenters. The van der Waals surface area contributed by atoms with Crippen LogP contribution >= 0.6 is 0 Å². The minimum absolute atomic E-state index is 0.0167. The van der Waals surface area contributed by atoms with E-state index in [1.165, 1.54) is 27.9 Å². The Bertz CT molecular complexity index is 564. The Morgan fingerprint density at radius 3 is 2.28 bits per heavy atom. The van der Waals surface area contributed by atoms with Gasteiger partial charge in [0, 0.05) is 26.8 Å². The highest BCUT2D eigenvalue weighted by Gasteiger charge is 2.41. The maximum absolute atomic E-state index is 12.9. The second-order valence-corrected chi connectivity index (χ2v) is 5.72. The van der Waals surface area contributed by atoms with Crippen LogP contribution in [-0.4, -0.2) is 70.9 Å². The van der Waals surface area contributed by atoms with Crippen LogP contribution in [0.3, 0.4) is 0 Å². The molecule has 10 heteroatoms. The minimum atomic E-state index is -0.983. The Morgan fingerprint density at radius 2 is 1.80 bits per heavy atom. The van der Waals surface area contributed by atoms with Crippen molar-refractivity contribution >= 4 is 29.6 Å². The maximum atomic E-state index is 12.9. The molecule has 0 aromatic heterocycles. The van der Waals surface area contributed by atoms with Crippen LogP contribution in [0.4, 0.5) is 4.79 Å². The molecule has 1 fully saturated rings. The second-order valence-electron chi connectivity index (χ2n) is 5.72. The zero-order valence-electron chi connectivity index (χ0n) is 14.9. The van der Waals surface area contributed by atoms with Crippen LogP contribution < -0.4 is 5.43 Å². The van der Waals surface area contributed by atoms with E-state index in [0.29, 0.717) is 12.8 Å². The van der Waals surface area contributed by atoms with Crippen LogP contribution in [0, 0.1) is 0 Å². The number of carbonyl (C=O) groups is 5. The number of carbonyl (C=O) groups excluding carboxylic acids is 5. The molecular formula is C15H24N4O6. The van der Waals surface area contributed by atoms with E-state index < -0.39 is 29.9 Å². The van der Waals surface area contributed by atoms with E-state index in [1.807, 2.05) is 0 Å². The third-order valence-electron chi connectivity index (χ3n) is 3.65. The molecule has 25 heavy (non-hydrogen) atoms. The van der Waals surface area contributed by atoms with E-state index in [-0.39, 0.29) is 25.3 Å². The Labute approximate surface area is 146 Å². The summed E-state index contributed by atoms with van der Waals surface area (Å²) in [4.78, 5) is 59.5. The summed E-state index contributed by atoms with van der Waals surface area (Å²) >= 11 is 0. The van der Waals surface area contributed by atoms with Gasteiger partial charge in [-0.1, -0.05) is 0 Å². The highest BCUT2D eigenvalue weighted by atomic mass is 16.5. The van der Waals surface area contributed by atoms with Crippen molar-refractivity contribution in [1.82, 2.24) is 20.5 Å². The normalized spacial score (nSPS) is 16.9. The Morgan fingerprint density at radius 1 is 1.16 bits per heavy atom. The quantitative estimate of drug-likeness (QED) is 0.553. The van der Waals surface area contributed by atoms with Gasteiger partial charge in [-0.2, -0.15) is 0 Å². The molecule has 0 radical (unpaired) electrons. The van der Waals surface area contributed by atoms with Gasteiger partial charge >= 0.3 is 12.0 Å². The third kappa shape index (κ3) is 5.44. The first-order chi connectivity index (χ1) is 11.7. The van der Waals surface area contributed by atoms with Crippen LogP contribution in [0.2, 0.25) is 0 Å². The zero-order valence-corrected chi connectivity index (χ0v) is 14.9. The van der Waals surface area contributed by atoms with Gasteiger partial charge < -0.3 is 4.74 Å². The van der Waals surface area contributed by atoms with Gasteiger partial charge in [-0.25, -0.2) is 24.6 Å². The first-order valence-corrected chi connectivity index (χ1v) is 7.92. The van der Waals surface area contributed by atoms with Crippen molar-refractivity contribution in [3.05, 3.63) is 0 Å². The van der Waals surface area contributed by atoms with Crippen molar-refractivity contribution in [2.24, 2.45) is 0 Å². The molecule has 4 amide bonds. The van der Waals surface area contributed by atoms with E-state index in [4.69, 9.17) is 4.74 Å². The lowest BCUT2D eigenvalue weighted by atomic mass is 10.1. The minimum Gasteiger partial charge on any atom is -0.467 e. The van der Waals surface area contributed by atoms with Gasteiger partial charge in [-0.15, -0.1) is 0 Å². The maximum Gasteiger partial charge on any atom is 0.358 e. The van der Waals surface area contributed by atoms with Crippen molar-refractivity contribution in [2.75, 3.05) is 20.2 Å². The van der Waals surface area contributed by atoms with Crippen LogP contribution in [0.1, 0.15) is 40.0 Å². The molecule has 0 aromatic rings. The number of rotatable bonds is 4. The molecule has 1 aliphatic rings. The number of ether oxygens (including phenoxy) is 1. The monoisotopic (exact) mass is 356 g/mol. The van der Waals surface area contributed by atoms with E-state index >= 15 is 0 Å². The zero-order chi connectivity index (χ0) is 19.1. The van der Waals surface area contributed by atoms with Crippen molar-refractivity contribution in [1.29, 1.82) is 0 Å². The predicted molar refractivity (Wildman–Crippen MR) is 85.5 cm³/mol. The van der Waals surface area contributed by atoms with Gasteiger partial charge in [0.05, 0.1) is 13.7 Å². The molecule has 1 atom stereocenters. The average Bonchev–Trinajstić information content (AvgIpc) is 2.55. The van der Waals surface area contributed by atoms with Crippen LogP contribution in [0.15, 0.2) is 0 Å². The summed E-state index contributed by atoms with van der Waals surface area (Å²) in [6.07, 6.45) is 0.863. The molecular weight excluding hydrogens is 332 g/mol. The number of nitrogens with one attached hydrogen (secondary N) is 1. The van der Waals surface area contributed by atoms with Gasteiger partial charge in [0.1, 0.15) is 5.78 Å². The lowest BCUT2D eigenvalue weighted by molar-refractivity contribution is -0.165. The number of urea groups is 1. The van der Waals surface area contributed by atoms with Crippen LogP contribution in [0.25, 0.3) is 0 Å². The Kier molecular flexibility index (Phi) is 7.34. The molecule has 1 rings (SSSR count). The topological polar surface area (TPSA) is 116 Å². The molecule has 0 spiro atoms. The number of methoxy groups -OCH3 is 1. The van der Waals surface area contributed by atoms with Crippen LogP contribution in [0.5, 0.6) is 0 Å². The van der Waals surface area contributed by atoms with Crippen molar-refractivity contribution in [2.45, 2.75) is 46.1 Å². The fourth-order valence-electron chi connectivity index (χ4n) is 2.51. The standard InChI is InChI=1S/C15H24N4O6/c1-10(20)7-9-17(16-11(2)21)15(24)19-13(14(23)25-4)6-5-8-18(19)12(3)22/h13H,5-9H2,1-4H3,(H,16,21)/t13-/m0/s1. The van der Waals surface area contributed by atoms with Gasteiger partial charge in [-0.05, 0) is 19.8 Å². The lowest BCUT2D eigenvalue weighted by Gasteiger charge is -2.43. The number of amides is 4. The summed E-state index contributed by atoms with van der Waals surface area (Å²) < 4.78 is 4.73. The molecule has 0 bridgehead atoms. The largest absolute Gasteiger partial charge is 0.467 e. The molecule has 1 N–H and O–H groups in total. The molecule has 10 nitrogen and oxygen atoms in total. The number of nitrogens with zero attached hydrogens (tertiary/aromatic N) is 3. The average molecular weight is 356 g/mol. The first kappa shape index (κ1) is 20.4. The van der Waals surface area contributed by atoms with Crippen molar-refractivity contribution in [3.8, 4) is 0 Å². The number of esters is 1. The fourth-order valence-corrected chi connectivity index (χ4v) is 2.51. The first-order valence-electron chi connectivity index (χ1n) is 7.92. The van der Waals surface area contributed by atoms with Crippen LogP contribution in [-0.2, 0) is 23.9 Å². The van der Waals surface area contributed by atoms with Gasteiger partial charge in [0.15, 0.2) is 6.04 Å². The molecule has 1 saturated heterocycles. The van der Waals surface area contributed by atoms with Gasteiger partial charge in [0.2, 0.25) is 11.8 Å². The van der Waals surface area contributed by atoms with E-state index in [1.54, 1.807) is 0 Å². The highest BCUT2D eigenvalue weighted by Crippen LogP contribution is 2.21. The highest BCUT2D eigenvalue weighted by molar-refractivity contribution is 5.88.